The Hall–Kier alpha value is -3.68. The Morgan fingerprint density at radius 3 is 2.29 bits per heavy atom. The summed E-state index contributed by atoms with van der Waals surface area (Å²) in [6, 6.07) is 13.4. The van der Waals surface area contributed by atoms with Gasteiger partial charge in [-0.3, -0.25) is 9.59 Å². The Morgan fingerprint density at radius 1 is 0.935 bits per heavy atom. The second kappa shape index (κ2) is 9.42. The molecular weight excluding hydrogens is 394 g/mol. The molecule has 3 aromatic rings. The number of nitrogens with two attached hydrogens (primary N) is 1. The number of hydrogen-bond donors (Lipinski definition) is 2. The number of primary amides is 1. The Bertz CT molecular complexity index is 1060. The third-order valence-electron chi connectivity index (χ3n) is 5.31. The van der Waals surface area contributed by atoms with E-state index in [-0.39, 0.29) is 5.91 Å². The minimum Gasteiger partial charge on any atom is -0.457 e. The number of amides is 2. The summed E-state index contributed by atoms with van der Waals surface area (Å²) in [7, 11) is 0. The van der Waals surface area contributed by atoms with Gasteiger partial charge >= 0.3 is 0 Å². The van der Waals surface area contributed by atoms with E-state index < -0.39 is 5.91 Å². The molecule has 0 radical (unpaired) electrons. The van der Waals surface area contributed by atoms with E-state index in [0.717, 1.165) is 37.5 Å². The van der Waals surface area contributed by atoms with Gasteiger partial charge in [0.15, 0.2) is 0 Å². The summed E-state index contributed by atoms with van der Waals surface area (Å²) in [5.41, 5.74) is 6.20. The van der Waals surface area contributed by atoms with Crippen molar-refractivity contribution < 1.29 is 14.3 Å². The molecule has 0 unspecified atom stereocenters. The van der Waals surface area contributed by atoms with Crippen LogP contribution >= 0.6 is 0 Å². The fraction of sp³-hybridized carbons (Fsp3) is 0.304. The van der Waals surface area contributed by atoms with E-state index in [1.54, 1.807) is 48.5 Å². The number of rotatable bonds is 7. The largest absolute Gasteiger partial charge is 0.457 e. The maximum Gasteiger partial charge on any atom is 0.251 e. The maximum absolute atomic E-state index is 12.4. The van der Waals surface area contributed by atoms with Gasteiger partial charge in [0.1, 0.15) is 23.1 Å². The Balaban J connectivity index is 1.29. The van der Waals surface area contributed by atoms with E-state index in [1.807, 2.05) is 0 Å². The molecular formula is C23H25N5O3. The van der Waals surface area contributed by atoms with Crippen LogP contribution in [0.4, 0.5) is 0 Å². The number of ether oxygens (including phenoxy) is 1. The fourth-order valence-electron chi connectivity index (χ4n) is 3.62. The lowest BCUT2D eigenvalue weighted by Crippen LogP contribution is -2.26. The number of hydrogen-bond acceptors (Lipinski definition) is 5. The van der Waals surface area contributed by atoms with E-state index in [2.05, 4.69) is 20.1 Å². The summed E-state index contributed by atoms with van der Waals surface area (Å²) in [4.78, 5) is 23.6. The molecule has 2 heterocycles. The zero-order chi connectivity index (χ0) is 21.6. The molecule has 0 aliphatic carbocycles. The van der Waals surface area contributed by atoms with Crippen LogP contribution in [0.2, 0.25) is 0 Å². The number of carbonyl (C=O) groups is 2. The molecule has 0 saturated heterocycles. The second-order valence-electron chi connectivity index (χ2n) is 7.52. The van der Waals surface area contributed by atoms with Crippen molar-refractivity contribution in [2.75, 3.05) is 6.54 Å². The van der Waals surface area contributed by atoms with Crippen LogP contribution in [0.15, 0.2) is 48.5 Å². The molecule has 3 N–H and O–H groups in total. The molecule has 0 atom stereocenters. The summed E-state index contributed by atoms with van der Waals surface area (Å²) in [5.74, 6) is 2.53. The molecule has 1 aliphatic rings. The Labute approximate surface area is 180 Å². The van der Waals surface area contributed by atoms with Gasteiger partial charge in [0.2, 0.25) is 5.91 Å². The van der Waals surface area contributed by atoms with Gasteiger partial charge < -0.3 is 20.4 Å². The number of nitrogens with zero attached hydrogens (tertiary/aromatic N) is 3. The first-order valence-electron chi connectivity index (χ1n) is 10.5. The summed E-state index contributed by atoms with van der Waals surface area (Å²) in [6.45, 7) is 1.46. The zero-order valence-corrected chi connectivity index (χ0v) is 17.2. The van der Waals surface area contributed by atoms with Gasteiger partial charge in [0, 0.05) is 37.1 Å². The standard InChI is InChI=1S/C23H25N5O3/c24-22(29)16-5-9-18(10-6-16)31-19-11-7-17(8-12-19)23(30)25-14-13-21-27-26-20-4-2-1-3-15-28(20)21/h5-12H,1-4,13-15H2,(H2,24,29)(H,25,30). The number of nitrogens with one attached hydrogen (secondary N) is 1. The summed E-state index contributed by atoms with van der Waals surface area (Å²) in [5, 5.41) is 11.5. The minimum atomic E-state index is -0.485. The highest BCUT2D eigenvalue weighted by Gasteiger charge is 2.15. The molecule has 2 aromatic carbocycles. The first-order chi connectivity index (χ1) is 15.1. The van der Waals surface area contributed by atoms with Crippen molar-refractivity contribution in [2.24, 2.45) is 5.73 Å². The number of aryl methyl sites for hydroxylation is 1. The van der Waals surface area contributed by atoms with Gasteiger partial charge in [-0.15, -0.1) is 10.2 Å². The highest BCUT2D eigenvalue weighted by Crippen LogP contribution is 2.22. The molecule has 160 valence electrons. The molecule has 0 spiro atoms. The number of fused-ring (bicyclic) bond motifs is 1. The third kappa shape index (κ3) is 5.09. The van der Waals surface area contributed by atoms with E-state index in [0.29, 0.717) is 35.6 Å². The predicted octanol–water partition coefficient (Wildman–Crippen LogP) is 2.87. The van der Waals surface area contributed by atoms with Gasteiger partial charge in [-0.05, 0) is 61.4 Å². The van der Waals surface area contributed by atoms with Gasteiger partial charge in [-0.25, -0.2) is 0 Å². The number of aromatic nitrogens is 3. The van der Waals surface area contributed by atoms with Crippen molar-refractivity contribution in [3.8, 4) is 11.5 Å². The predicted molar refractivity (Wildman–Crippen MR) is 115 cm³/mol. The molecule has 1 aromatic heterocycles. The van der Waals surface area contributed by atoms with Crippen molar-refractivity contribution in [2.45, 2.75) is 38.6 Å². The summed E-state index contributed by atoms with van der Waals surface area (Å²) >= 11 is 0. The first-order valence-corrected chi connectivity index (χ1v) is 10.5. The molecule has 0 fully saturated rings. The molecule has 0 bridgehead atoms. The van der Waals surface area contributed by atoms with E-state index in [4.69, 9.17) is 10.5 Å². The normalized spacial score (nSPS) is 13.2. The fourth-order valence-corrected chi connectivity index (χ4v) is 3.62. The summed E-state index contributed by atoms with van der Waals surface area (Å²) in [6.07, 6.45) is 5.16. The third-order valence-corrected chi connectivity index (χ3v) is 5.31. The van der Waals surface area contributed by atoms with E-state index in [1.165, 1.54) is 6.42 Å². The SMILES string of the molecule is NC(=O)c1ccc(Oc2ccc(C(=O)NCCc3nnc4n3CCCCC4)cc2)cc1. The lowest BCUT2D eigenvalue weighted by molar-refractivity contribution is 0.0952. The quantitative estimate of drug-likeness (QED) is 0.612. The first kappa shape index (κ1) is 20.6. The van der Waals surface area contributed by atoms with Crippen molar-refractivity contribution in [1.82, 2.24) is 20.1 Å². The van der Waals surface area contributed by atoms with Gasteiger partial charge in [0.05, 0.1) is 0 Å². The van der Waals surface area contributed by atoms with Gasteiger partial charge in [0.25, 0.3) is 5.91 Å². The van der Waals surface area contributed by atoms with Crippen molar-refractivity contribution in [1.29, 1.82) is 0 Å². The number of benzene rings is 2. The molecule has 1 aliphatic heterocycles. The Morgan fingerprint density at radius 2 is 1.61 bits per heavy atom. The molecule has 31 heavy (non-hydrogen) atoms. The van der Waals surface area contributed by atoms with Crippen molar-refractivity contribution in [3.05, 3.63) is 71.3 Å². The highest BCUT2D eigenvalue weighted by atomic mass is 16.5. The molecule has 8 heteroatoms. The monoisotopic (exact) mass is 419 g/mol. The van der Waals surface area contributed by atoms with Gasteiger partial charge in [-0.2, -0.15) is 0 Å². The van der Waals surface area contributed by atoms with E-state index in [9.17, 15) is 9.59 Å². The van der Waals surface area contributed by atoms with Gasteiger partial charge in [-0.1, -0.05) is 6.42 Å². The highest BCUT2D eigenvalue weighted by molar-refractivity contribution is 5.94. The average molecular weight is 419 g/mol. The molecule has 0 saturated carbocycles. The van der Waals surface area contributed by atoms with Crippen LogP contribution in [-0.2, 0) is 19.4 Å². The maximum atomic E-state index is 12.4. The van der Waals surface area contributed by atoms with Crippen LogP contribution in [0.25, 0.3) is 0 Å². The van der Waals surface area contributed by atoms with Crippen molar-refractivity contribution >= 4 is 11.8 Å². The molecule has 4 rings (SSSR count). The smallest absolute Gasteiger partial charge is 0.251 e. The van der Waals surface area contributed by atoms with Crippen molar-refractivity contribution in [3.63, 3.8) is 0 Å². The molecule has 8 nitrogen and oxygen atoms in total. The van der Waals surface area contributed by atoms with Crippen LogP contribution in [0.5, 0.6) is 11.5 Å². The van der Waals surface area contributed by atoms with Crippen LogP contribution in [-0.4, -0.2) is 33.1 Å². The zero-order valence-electron chi connectivity index (χ0n) is 17.2. The van der Waals surface area contributed by atoms with Crippen LogP contribution in [0.3, 0.4) is 0 Å². The second-order valence-corrected chi connectivity index (χ2v) is 7.52. The lowest BCUT2D eigenvalue weighted by atomic mass is 10.2. The molecule has 2 amide bonds. The van der Waals surface area contributed by atoms with Crippen LogP contribution in [0.1, 0.15) is 51.6 Å². The van der Waals surface area contributed by atoms with Crippen LogP contribution < -0.4 is 15.8 Å². The summed E-state index contributed by atoms with van der Waals surface area (Å²) < 4.78 is 7.93. The van der Waals surface area contributed by atoms with Crippen LogP contribution in [0, 0.1) is 0 Å². The minimum absolute atomic E-state index is 0.145. The van der Waals surface area contributed by atoms with E-state index >= 15 is 0 Å². The topological polar surface area (TPSA) is 112 Å². The average Bonchev–Trinajstić information content (AvgIpc) is 3.00. The Kier molecular flexibility index (Phi) is 6.26. The number of carbonyl (C=O) groups excluding carboxylic acids is 2. The lowest BCUT2D eigenvalue weighted by Gasteiger charge is -2.09.